The lowest BCUT2D eigenvalue weighted by Gasteiger charge is -2.09. The van der Waals surface area contributed by atoms with Gasteiger partial charge >= 0.3 is 0 Å². The summed E-state index contributed by atoms with van der Waals surface area (Å²) in [6, 6.07) is 14.5. The van der Waals surface area contributed by atoms with E-state index in [9.17, 15) is 9.59 Å². The predicted octanol–water partition coefficient (Wildman–Crippen LogP) is 1.85. The van der Waals surface area contributed by atoms with Gasteiger partial charge in [0, 0.05) is 6.54 Å². The summed E-state index contributed by atoms with van der Waals surface area (Å²) in [6.45, 7) is 0.176. The van der Waals surface area contributed by atoms with E-state index in [4.69, 9.17) is 15.2 Å². The van der Waals surface area contributed by atoms with Crippen LogP contribution in [0.25, 0.3) is 0 Å². The molecule has 0 aliphatic heterocycles. The average molecular weight is 440 g/mol. The van der Waals surface area contributed by atoms with Crippen LogP contribution < -0.4 is 20.5 Å². The summed E-state index contributed by atoms with van der Waals surface area (Å²) in [4.78, 5) is 22.5. The third kappa shape index (κ3) is 6.07. The summed E-state index contributed by atoms with van der Waals surface area (Å²) < 4.78 is 11.6. The number of primary amides is 1. The molecule has 0 unspecified atom stereocenters. The number of carbonyl (C=O) groups excluding carboxylic acids is 2. The van der Waals surface area contributed by atoms with Gasteiger partial charge < -0.3 is 20.5 Å². The Morgan fingerprint density at radius 3 is 2.38 bits per heavy atom. The monoisotopic (exact) mass is 440 g/mol. The lowest BCUT2D eigenvalue weighted by molar-refractivity contribution is -0.123. The highest BCUT2D eigenvalue weighted by Crippen LogP contribution is 2.19. The van der Waals surface area contributed by atoms with Crippen LogP contribution in [0.4, 0.5) is 0 Å². The molecule has 0 bridgehead atoms. The SMILES string of the molecule is NC(=O)COc1ccc(CNC(=O)COc2ccccc2I)cc1. The fourth-order valence-corrected chi connectivity index (χ4v) is 2.36. The van der Waals surface area contributed by atoms with Crippen LogP contribution in [-0.2, 0) is 16.1 Å². The summed E-state index contributed by atoms with van der Waals surface area (Å²) in [5.74, 6) is 0.498. The maximum absolute atomic E-state index is 11.8. The first-order valence-corrected chi connectivity index (χ1v) is 8.26. The van der Waals surface area contributed by atoms with Gasteiger partial charge in [-0.25, -0.2) is 0 Å². The highest BCUT2D eigenvalue weighted by Gasteiger charge is 2.05. The molecular weight excluding hydrogens is 423 g/mol. The van der Waals surface area contributed by atoms with Crippen molar-refractivity contribution >= 4 is 34.4 Å². The zero-order valence-corrected chi connectivity index (χ0v) is 15.0. The first-order valence-electron chi connectivity index (χ1n) is 7.18. The summed E-state index contributed by atoms with van der Waals surface area (Å²) in [6.07, 6.45) is 0. The van der Waals surface area contributed by atoms with Gasteiger partial charge in [-0.3, -0.25) is 9.59 Å². The molecule has 0 radical (unpaired) electrons. The first kappa shape index (κ1) is 18.1. The van der Waals surface area contributed by atoms with Crippen molar-refractivity contribution in [2.24, 2.45) is 5.73 Å². The molecule has 0 saturated heterocycles. The molecule has 0 aromatic heterocycles. The van der Waals surface area contributed by atoms with Crippen LogP contribution in [0.15, 0.2) is 48.5 Å². The van der Waals surface area contributed by atoms with E-state index in [1.807, 2.05) is 24.3 Å². The molecule has 0 heterocycles. The Kier molecular flexibility index (Phi) is 6.86. The number of amides is 2. The van der Waals surface area contributed by atoms with Crippen molar-refractivity contribution in [1.29, 1.82) is 0 Å². The zero-order chi connectivity index (χ0) is 17.4. The molecule has 2 amide bonds. The number of hydrogen-bond donors (Lipinski definition) is 2. The van der Waals surface area contributed by atoms with Crippen molar-refractivity contribution in [2.45, 2.75) is 6.54 Å². The minimum Gasteiger partial charge on any atom is -0.484 e. The van der Waals surface area contributed by atoms with Crippen LogP contribution in [0, 0.1) is 3.57 Å². The zero-order valence-electron chi connectivity index (χ0n) is 12.8. The van der Waals surface area contributed by atoms with Crippen molar-refractivity contribution in [3.63, 3.8) is 0 Å². The minimum absolute atomic E-state index is 0.0418. The Morgan fingerprint density at radius 1 is 1.00 bits per heavy atom. The number of benzene rings is 2. The molecule has 6 nitrogen and oxygen atoms in total. The topological polar surface area (TPSA) is 90.7 Å². The van der Waals surface area contributed by atoms with Crippen LogP contribution in [0.1, 0.15) is 5.56 Å². The lowest BCUT2D eigenvalue weighted by Crippen LogP contribution is -2.28. The summed E-state index contributed by atoms with van der Waals surface area (Å²) in [7, 11) is 0. The van der Waals surface area contributed by atoms with E-state index in [0.29, 0.717) is 18.0 Å². The van der Waals surface area contributed by atoms with Crippen molar-refractivity contribution in [3.05, 3.63) is 57.7 Å². The van der Waals surface area contributed by atoms with Gasteiger partial charge in [-0.1, -0.05) is 24.3 Å². The van der Waals surface area contributed by atoms with E-state index in [-0.39, 0.29) is 19.1 Å². The van der Waals surface area contributed by atoms with Crippen molar-refractivity contribution in [1.82, 2.24) is 5.32 Å². The molecule has 3 N–H and O–H groups in total. The number of rotatable bonds is 8. The molecule has 0 fully saturated rings. The van der Waals surface area contributed by atoms with Gasteiger partial charge in [0.2, 0.25) is 0 Å². The van der Waals surface area contributed by atoms with Crippen molar-refractivity contribution in [3.8, 4) is 11.5 Å². The lowest BCUT2D eigenvalue weighted by atomic mass is 10.2. The van der Waals surface area contributed by atoms with E-state index in [1.165, 1.54) is 0 Å². The second-order valence-corrected chi connectivity index (χ2v) is 6.06. The maximum atomic E-state index is 11.8. The Morgan fingerprint density at radius 2 is 1.71 bits per heavy atom. The minimum atomic E-state index is -0.528. The second kappa shape index (κ2) is 9.11. The summed E-state index contributed by atoms with van der Waals surface area (Å²) in [5, 5.41) is 2.78. The van der Waals surface area contributed by atoms with Gasteiger partial charge in [-0.05, 0) is 52.4 Å². The van der Waals surface area contributed by atoms with Crippen molar-refractivity contribution < 1.29 is 19.1 Å². The highest BCUT2D eigenvalue weighted by molar-refractivity contribution is 14.1. The number of halogens is 1. The van der Waals surface area contributed by atoms with E-state index in [0.717, 1.165) is 9.13 Å². The number of ether oxygens (including phenoxy) is 2. The first-order chi connectivity index (χ1) is 11.5. The van der Waals surface area contributed by atoms with Gasteiger partial charge in [-0.15, -0.1) is 0 Å². The largest absolute Gasteiger partial charge is 0.484 e. The number of nitrogens with two attached hydrogens (primary N) is 1. The molecule has 0 spiro atoms. The normalized spacial score (nSPS) is 10.0. The summed E-state index contributed by atoms with van der Waals surface area (Å²) in [5.41, 5.74) is 5.91. The highest BCUT2D eigenvalue weighted by atomic mass is 127. The van der Waals surface area contributed by atoms with Crippen LogP contribution in [0.2, 0.25) is 0 Å². The third-order valence-electron chi connectivity index (χ3n) is 2.99. The average Bonchev–Trinajstić information content (AvgIpc) is 2.58. The number of carbonyl (C=O) groups is 2. The fraction of sp³-hybridized carbons (Fsp3) is 0.176. The second-order valence-electron chi connectivity index (χ2n) is 4.89. The number of nitrogens with one attached hydrogen (secondary N) is 1. The molecule has 2 aromatic rings. The van der Waals surface area contributed by atoms with Crippen LogP contribution in [0.5, 0.6) is 11.5 Å². The van der Waals surface area contributed by atoms with Crippen LogP contribution in [0.3, 0.4) is 0 Å². The number of hydrogen-bond acceptors (Lipinski definition) is 4. The standard InChI is InChI=1S/C17H17IN2O4/c18-14-3-1-2-4-15(14)24-11-17(22)20-9-12-5-7-13(8-6-12)23-10-16(19)21/h1-8H,9-11H2,(H2,19,21)(H,20,22). The van der Waals surface area contributed by atoms with E-state index >= 15 is 0 Å². The predicted molar refractivity (Wildman–Crippen MR) is 97.6 cm³/mol. The molecule has 0 saturated carbocycles. The molecule has 0 atom stereocenters. The Bertz CT molecular complexity index is 704. The molecule has 126 valence electrons. The van der Waals surface area contributed by atoms with Gasteiger partial charge in [0.25, 0.3) is 11.8 Å². The molecule has 7 heteroatoms. The molecule has 24 heavy (non-hydrogen) atoms. The van der Waals surface area contributed by atoms with Crippen LogP contribution in [-0.4, -0.2) is 25.0 Å². The molecule has 0 aliphatic rings. The molecule has 2 rings (SSSR count). The molecular formula is C17H17IN2O4. The molecule has 2 aromatic carbocycles. The fourth-order valence-electron chi connectivity index (χ4n) is 1.81. The number of para-hydroxylation sites is 1. The quantitative estimate of drug-likeness (QED) is 0.614. The summed E-state index contributed by atoms with van der Waals surface area (Å²) >= 11 is 2.15. The van der Waals surface area contributed by atoms with Gasteiger partial charge in [-0.2, -0.15) is 0 Å². The molecule has 0 aliphatic carbocycles. The van der Waals surface area contributed by atoms with E-state index < -0.39 is 5.91 Å². The maximum Gasteiger partial charge on any atom is 0.258 e. The Hall–Kier alpha value is -2.29. The Labute approximate surface area is 153 Å². The van der Waals surface area contributed by atoms with E-state index in [2.05, 4.69) is 27.9 Å². The van der Waals surface area contributed by atoms with Gasteiger partial charge in [0.05, 0.1) is 3.57 Å². The Balaban J connectivity index is 1.75. The van der Waals surface area contributed by atoms with Gasteiger partial charge in [0.1, 0.15) is 11.5 Å². The van der Waals surface area contributed by atoms with E-state index in [1.54, 1.807) is 24.3 Å². The van der Waals surface area contributed by atoms with Crippen LogP contribution >= 0.6 is 22.6 Å². The van der Waals surface area contributed by atoms with Gasteiger partial charge in [0.15, 0.2) is 13.2 Å². The van der Waals surface area contributed by atoms with Crippen molar-refractivity contribution in [2.75, 3.05) is 13.2 Å². The third-order valence-corrected chi connectivity index (χ3v) is 3.88. The smallest absolute Gasteiger partial charge is 0.258 e.